The van der Waals surface area contributed by atoms with Crippen molar-refractivity contribution in [3.63, 3.8) is 0 Å². The average Bonchev–Trinajstić information content (AvgIpc) is 2.91. The highest BCUT2D eigenvalue weighted by molar-refractivity contribution is 9.10. The maximum atomic E-state index is 12.1. The molecule has 0 aliphatic carbocycles. The molecule has 1 fully saturated rings. The molecule has 1 aromatic heterocycles. The Morgan fingerprint density at radius 1 is 1.23 bits per heavy atom. The Morgan fingerprint density at radius 3 is 2.91 bits per heavy atom. The molecule has 0 saturated carbocycles. The second-order valence-corrected chi connectivity index (χ2v) is 6.29. The maximum Gasteiger partial charge on any atom is 0.235 e. The second kappa shape index (κ2) is 4.91. The minimum Gasteiger partial charge on any atom is -0.356 e. The van der Waals surface area contributed by atoms with Crippen molar-refractivity contribution in [2.24, 2.45) is 0 Å². The number of halogens is 1. The smallest absolute Gasteiger partial charge is 0.235 e. The zero-order valence-corrected chi connectivity index (χ0v) is 13.0. The van der Waals surface area contributed by atoms with Crippen LogP contribution in [0.3, 0.4) is 0 Å². The number of amides is 2. The highest BCUT2D eigenvalue weighted by Gasteiger charge is 2.32. The highest BCUT2D eigenvalue weighted by atomic mass is 79.9. The van der Waals surface area contributed by atoms with Crippen molar-refractivity contribution in [1.82, 2.24) is 10.5 Å². The lowest BCUT2D eigenvalue weighted by Gasteiger charge is -2.19. The summed E-state index contributed by atoms with van der Waals surface area (Å²) in [5, 5.41) is 9.36. The first-order valence-electron chi connectivity index (χ1n) is 6.95. The fourth-order valence-electron chi connectivity index (χ4n) is 2.96. The molecule has 2 aromatic carbocycles. The molecule has 4 rings (SSSR count). The number of hydrogen-bond donors (Lipinski definition) is 1. The van der Waals surface area contributed by atoms with E-state index in [2.05, 4.69) is 26.4 Å². The summed E-state index contributed by atoms with van der Waals surface area (Å²) in [5.74, 6) is -0.989. The zero-order valence-electron chi connectivity index (χ0n) is 11.4. The summed E-state index contributed by atoms with van der Waals surface area (Å²) in [6.45, 7) is 0. The Bertz CT molecular complexity index is 932. The van der Waals surface area contributed by atoms with Crippen LogP contribution in [0.4, 0.5) is 0 Å². The van der Waals surface area contributed by atoms with Gasteiger partial charge in [-0.3, -0.25) is 14.9 Å². The number of aromatic nitrogens is 1. The van der Waals surface area contributed by atoms with Crippen LogP contribution in [0.1, 0.15) is 24.5 Å². The van der Waals surface area contributed by atoms with Gasteiger partial charge in [0, 0.05) is 10.9 Å². The standard InChI is InChI=1S/C16H11BrN2O3/c17-9-2-3-10-8(7-9)1-5-12-14(10)15(19-22-12)11-4-6-13(20)18-16(11)21/h1-3,5,7,11H,4,6H2,(H,18,20,21). The number of nitrogens with one attached hydrogen (secondary N) is 1. The van der Waals surface area contributed by atoms with E-state index in [0.717, 1.165) is 20.6 Å². The molecule has 22 heavy (non-hydrogen) atoms. The lowest BCUT2D eigenvalue weighted by atomic mass is 9.91. The molecule has 6 heteroatoms. The molecule has 0 bridgehead atoms. The summed E-state index contributed by atoms with van der Waals surface area (Å²) in [5.41, 5.74) is 1.25. The number of benzene rings is 2. The number of nitrogens with zero attached hydrogens (tertiary/aromatic N) is 1. The van der Waals surface area contributed by atoms with Crippen LogP contribution in [0.5, 0.6) is 0 Å². The van der Waals surface area contributed by atoms with Crippen LogP contribution < -0.4 is 5.32 Å². The van der Waals surface area contributed by atoms with E-state index in [-0.39, 0.29) is 11.8 Å². The third kappa shape index (κ3) is 2.02. The summed E-state index contributed by atoms with van der Waals surface area (Å²) in [6, 6.07) is 9.75. The summed E-state index contributed by atoms with van der Waals surface area (Å²) in [7, 11) is 0. The Morgan fingerprint density at radius 2 is 2.09 bits per heavy atom. The molecular weight excluding hydrogens is 348 g/mol. The molecule has 3 aromatic rings. The van der Waals surface area contributed by atoms with Gasteiger partial charge in [0.15, 0.2) is 5.58 Å². The third-order valence-electron chi connectivity index (χ3n) is 4.01. The number of carbonyl (C=O) groups excluding carboxylic acids is 2. The fraction of sp³-hybridized carbons (Fsp3) is 0.188. The van der Waals surface area contributed by atoms with Gasteiger partial charge in [-0.15, -0.1) is 0 Å². The first-order valence-corrected chi connectivity index (χ1v) is 7.74. The van der Waals surface area contributed by atoms with Gasteiger partial charge < -0.3 is 4.52 Å². The van der Waals surface area contributed by atoms with Crippen LogP contribution >= 0.6 is 15.9 Å². The number of carbonyl (C=O) groups is 2. The van der Waals surface area contributed by atoms with Crippen LogP contribution in [0.15, 0.2) is 39.3 Å². The van der Waals surface area contributed by atoms with Crippen LogP contribution in [0, 0.1) is 0 Å². The van der Waals surface area contributed by atoms with E-state index in [1.807, 2.05) is 30.3 Å². The van der Waals surface area contributed by atoms with Crippen molar-refractivity contribution in [3.8, 4) is 0 Å². The zero-order chi connectivity index (χ0) is 15.3. The van der Waals surface area contributed by atoms with Gasteiger partial charge in [0.25, 0.3) is 0 Å². The Labute approximate surface area is 133 Å². The molecule has 1 atom stereocenters. The first kappa shape index (κ1) is 13.5. The summed E-state index contributed by atoms with van der Waals surface area (Å²) < 4.78 is 6.37. The van der Waals surface area contributed by atoms with Gasteiger partial charge in [0.2, 0.25) is 11.8 Å². The monoisotopic (exact) mass is 358 g/mol. The van der Waals surface area contributed by atoms with Crippen molar-refractivity contribution in [2.75, 3.05) is 0 Å². The Kier molecular flexibility index (Phi) is 3.00. The van der Waals surface area contributed by atoms with Crippen LogP contribution in [-0.2, 0) is 9.59 Å². The van der Waals surface area contributed by atoms with Crippen molar-refractivity contribution < 1.29 is 14.1 Å². The van der Waals surface area contributed by atoms with Crippen LogP contribution in [0.25, 0.3) is 21.7 Å². The van der Waals surface area contributed by atoms with E-state index in [1.165, 1.54) is 0 Å². The molecule has 1 aliphatic heterocycles. The summed E-state index contributed by atoms with van der Waals surface area (Å²) >= 11 is 3.46. The molecule has 0 radical (unpaired) electrons. The van der Waals surface area contributed by atoms with Crippen molar-refractivity contribution in [3.05, 3.63) is 40.5 Å². The molecule has 2 amide bonds. The molecule has 1 aliphatic rings. The minimum atomic E-state index is -0.451. The van der Waals surface area contributed by atoms with Crippen molar-refractivity contribution in [1.29, 1.82) is 0 Å². The predicted molar refractivity (Wildman–Crippen MR) is 84.3 cm³/mol. The number of piperidine rings is 1. The largest absolute Gasteiger partial charge is 0.356 e. The van der Waals surface area contributed by atoms with Crippen molar-refractivity contribution in [2.45, 2.75) is 18.8 Å². The number of hydrogen-bond acceptors (Lipinski definition) is 4. The molecule has 2 heterocycles. The van der Waals surface area contributed by atoms with Gasteiger partial charge in [-0.1, -0.05) is 33.2 Å². The lowest BCUT2D eigenvalue weighted by molar-refractivity contribution is -0.134. The molecule has 1 N–H and O–H groups in total. The maximum absolute atomic E-state index is 12.1. The van der Waals surface area contributed by atoms with E-state index >= 15 is 0 Å². The second-order valence-electron chi connectivity index (χ2n) is 5.38. The molecule has 0 spiro atoms. The number of imide groups is 1. The van der Waals surface area contributed by atoms with Gasteiger partial charge in [-0.2, -0.15) is 0 Å². The summed E-state index contributed by atoms with van der Waals surface area (Å²) in [4.78, 5) is 23.4. The van der Waals surface area contributed by atoms with E-state index < -0.39 is 5.92 Å². The van der Waals surface area contributed by atoms with Crippen LogP contribution in [-0.4, -0.2) is 17.0 Å². The minimum absolute atomic E-state index is 0.233. The number of fused-ring (bicyclic) bond motifs is 3. The molecule has 110 valence electrons. The van der Waals surface area contributed by atoms with Crippen LogP contribution in [0.2, 0.25) is 0 Å². The molecular formula is C16H11BrN2O3. The average molecular weight is 359 g/mol. The molecule has 1 saturated heterocycles. The van der Waals surface area contributed by atoms with Gasteiger partial charge in [-0.05, 0) is 35.4 Å². The quantitative estimate of drug-likeness (QED) is 0.677. The van der Waals surface area contributed by atoms with E-state index in [1.54, 1.807) is 0 Å². The Balaban J connectivity index is 1.95. The van der Waals surface area contributed by atoms with Gasteiger partial charge in [0.05, 0.1) is 11.3 Å². The molecule has 5 nitrogen and oxygen atoms in total. The van der Waals surface area contributed by atoms with E-state index in [4.69, 9.17) is 4.52 Å². The normalized spacial score (nSPS) is 18.9. The SMILES string of the molecule is O=C1CCC(c2noc3ccc4cc(Br)ccc4c23)C(=O)N1. The highest BCUT2D eigenvalue weighted by Crippen LogP contribution is 2.35. The number of rotatable bonds is 1. The predicted octanol–water partition coefficient (Wildman–Crippen LogP) is 3.26. The topological polar surface area (TPSA) is 72.2 Å². The Hall–Kier alpha value is -2.21. The fourth-order valence-corrected chi connectivity index (χ4v) is 3.34. The van der Waals surface area contributed by atoms with E-state index in [9.17, 15) is 9.59 Å². The summed E-state index contributed by atoms with van der Waals surface area (Å²) in [6.07, 6.45) is 0.778. The lowest BCUT2D eigenvalue weighted by Crippen LogP contribution is -2.39. The molecule has 1 unspecified atom stereocenters. The van der Waals surface area contributed by atoms with Gasteiger partial charge in [-0.25, -0.2) is 0 Å². The van der Waals surface area contributed by atoms with E-state index in [0.29, 0.717) is 24.1 Å². The van der Waals surface area contributed by atoms with Gasteiger partial charge >= 0.3 is 0 Å². The first-order chi connectivity index (χ1) is 10.6. The van der Waals surface area contributed by atoms with Gasteiger partial charge in [0.1, 0.15) is 5.69 Å². The van der Waals surface area contributed by atoms with Crippen molar-refractivity contribution >= 4 is 49.5 Å². The third-order valence-corrected chi connectivity index (χ3v) is 4.50.